The number of ether oxygens (including phenoxy) is 1. The fraction of sp³-hybridized carbons (Fsp3) is 0.188. The zero-order valence-corrected chi connectivity index (χ0v) is 10.9. The molecular weight excluding hydrogens is 224 g/mol. The maximum Gasteiger partial charge on any atom is 0.153 e. The van der Waals surface area contributed by atoms with Crippen LogP contribution in [0.25, 0.3) is 11.1 Å². The van der Waals surface area contributed by atoms with Gasteiger partial charge in [-0.2, -0.15) is 0 Å². The van der Waals surface area contributed by atoms with Crippen molar-refractivity contribution in [1.29, 1.82) is 0 Å². The Morgan fingerprint density at radius 3 is 2.28 bits per heavy atom. The van der Waals surface area contributed by atoms with Gasteiger partial charge in [0.05, 0.1) is 12.7 Å². The van der Waals surface area contributed by atoms with Crippen molar-refractivity contribution in [3.05, 3.63) is 53.1 Å². The van der Waals surface area contributed by atoms with E-state index < -0.39 is 0 Å². The summed E-state index contributed by atoms with van der Waals surface area (Å²) in [6.45, 7) is 4.12. The quantitative estimate of drug-likeness (QED) is 0.763. The zero-order valence-electron chi connectivity index (χ0n) is 10.9. The lowest BCUT2D eigenvalue weighted by Crippen LogP contribution is -1.94. The maximum atomic E-state index is 11.0. The molecular formula is C16H16O2. The summed E-state index contributed by atoms with van der Waals surface area (Å²) in [6, 6.07) is 11.9. The van der Waals surface area contributed by atoms with Gasteiger partial charge in [-0.3, -0.25) is 4.79 Å². The molecule has 0 aliphatic carbocycles. The van der Waals surface area contributed by atoms with Gasteiger partial charge in [-0.15, -0.1) is 0 Å². The lowest BCUT2D eigenvalue weighted by molar-refractivity contribution is 0.112. The highest BCUT2D eigenvalue weighted by molar-refractivity contribution is 5.86. The van der Waals surface area contributed by atoms with Gasteiger partial charge >= 0.3 is 0 Å². The van der Waals surface area contributed by atoms with E-state index in [9.17, 15) is 4.79 Å². The molecule has 0 spiro atoms. The standard InChI is InChI=1S/C16H16O2/c1-11-7-12(2)9-14(8-11)15-6-4-5-13(10-17)16(15)18-3/h4-10H,1-3H3. The van der Waals surface area contributed by atoms with E-state index in [4.69, 9.17) is 4.74 Å². The summed E-state index contributed by atoms with van der Waals surface area (Å²) in [5.41, 5.74) is 5.00. The highest BCUT2D eigenvalue weighted by Crippen LogP contribution is 2.33. The molecule has 0 bridgehead atoms. The first-order chi connectivity index (χ1) is 8.65. The van der Waals surface area contributed by atoms with E-state index in [0.29, 0.717) is 11.3 Å². The third-order valence-electron chi connectivity index (χ3n) is 2.91. The van der Waals surface area contributed by atoms with Crippen LogP contribution in [-0.2, 0) is 0 Å². The molecule has 0 heterocycles. The van der Waals surface area contributed by atoms with Crippen LogP contribution in [-0.4, -0.2) is 13.4 Å². The Kier molecular flexibility index (Phi) is 3.47. The predicted octanol–water partition coefficient (Wildman–Crippen LogP) is 3.79. The molecule has 2 heteroatoms. The van der Waals surface area contributed by atoms with Crippen LogP contribution < -0.4 is 4.74 Å². The Morgan fingerprint density at radius 2 is 1.72 bits per heavy atom. The van der Waals surface area contributed by atoms with Gasteiger partial charge in [0.15, 0.2) is 6.29 Å². The molecule has 0 radical (unpaired) electrons. The molecule has 0 fully saturated rings. The number of carbonyl (C=O) groups is 1. The third-order valence-corrected chi connectivity index (χ3v) is 2.91. The number of aryl methyl sites for hydroxylation is 2. The minimum atomic E-state index is 0.578. The first kappa shape index (κ1) is 12.4. The summed E-state index contributed by atoms with van der Waals surface area (Å²) < 4.78 is 5.37. The highest BCUT2D eigenvalue weighted by Gasteiger charge is 2.10. The normalized spacial score (nSPS) is 10.2. The lowest BCUT2D eigenvalue weighted by atomic mass is 9.98. The zero-order chi connectivity index (χ0) is 13.1. The number of benzene rings is 2. The third kappa shape index (κ3) is 2.28. The summed E-state index contributed by atoms with van der Waals surface area (Å²) in [5, 5.41) is 0. The molecule has 2 aromatic carbocycles. The molecule has 0 saturated heterocycles. The van der Waals surface area contributed by atoms with E-state index in [1.165, 1.54) is 11.1 Å². The molecule has 0 N–H and O–H groups in total. The maximum absolute atomic E-state index is 11.0. The molecule has 0 atom stereocenters. The second-order valence-corrected chi connectivity index (χ2v) is 4.42. The number of rotatable bonds is 3. The highest BCUT2D eigenvalue weighted by atomic mass is 16.5. The summed E-state index contributed by atoms with van der Waals surface area (Å²) in [4.78, 5) is 11.0. The SMILES string of the molecule is COc1c(C=O)cccc1-c1cc(C)cc(C)c1. The van der Waals surface area contributed by atoms with Crippen LogP contribution >= 0.6 is 0 Å². The van der Waals surface area contributed by atoms with Gasteiger partial charge in [-0.1, -0.05) is 41.5 Å². The predicted molar refractivity (Wildman–Crippen MR) is 73.3 cm³/mol. The molecule has 0 unspecified atom stereocenters. The van der Waals surface area contributed by atoms with Crippen molar-refractivity contribution in [3.63, 3.8) is 0 Å². The monoisotopic (exact) mass is 240 g/mol. The Hall–Kier alpha value is -2.09. The minimum absolute atomic E-state index is 0.578. The molecule has 0 aliphatic rings. The number of methoxy groups -OCH3 is 1. The summed E-state index contributed by atoms with van der Waals surface area (Å²) in [5.74, 6) is 0.637. The first-order valence-electron chi connectivity index (χ1n) is 5.86. The molecule has 92 valence electrons. The smallest absolute Gasteiger partial charge is 0.153 e. The molecule has 0 saturated carbocycles. The van der Waals surface area contributed by atoms with Crippen LogP contribution in [0.3, 0.4) is 0 Å². The van der Waals surface area contributed by atoms with Gasteiger partial charge in [-0.05, 0) is 25.5 Å². The van der Waals surface area contributed by atoms with Gasteiger partial charge in [-0.25, -0.2) is 0 Å². The van der Waals surface area contributed by atoms with Gasteiger partial charge in [0.25, 0.3) is 0 Å². The summed E-state index contributed by atoms with van der Waals surface area (Å²) in [6.07, 6.45) is 0.824. The van der Waals surface area contributed by atoms with Gasteiger partial charge in [0.1, 0.15) is 5.75 Å². The van der Waals surface area contributed by atoms with Crippen LogP contribution in [0.5, 0.6) is 5.75 Å². The molecule has 0 amide bonds. The van der Waals surface area contributed by atoms with Crippen molar-refractivity contribution >= 4 is 6.29 Å². The van der Waals surface area contributed by atoms with Crippen LogP contribution in [0, 0.1) is 13.8 Å². The van der Waals surface area contributed by atoms with Crippen molar-refractivity contribution in [2.24, 2.45) is 0 Å². The van der Waals surface area contributed by atoms with Crippen LogP contribution in [0.15, 0.2) is 36.4 Å². The summed E-state index contributed by atoms with van der Waals surface area (Å²) in [7, 11) is 1.59. The van der Waals surface area contributed by atoms with Crippen molar-refractivity contribution in [3.8, 4) is 16.9 Å². The van der Waals surface area contributed by atoms with E-state index in [1.807, 2.05) is 12.1 Å². The topological polar surface area (TPSA) is 26.3 Å². The average molecular weight is 240 g/mol. The molecule has 2 nitrogen and oxygen atoms in total. The van der Waals surface area contributed by atoms with Crippen LogP contribution in [0.1, 0.15) is 21.5 Å². The van der Waals surface area contributed by atoms with Crippen molar-refractivity contribution in [2.45, 2.75) is 13.8 Å². The van der Waals surface area contributed by atoms with E-state index >= 15 is 0 Å². The largest absolute Gasteiger partial charge is 0.495 e. The van der Waals surface area contributed by atoms with Crippen molar-refractivity contribution < 1.29 is 9.53 Å². The average Bonchev–Trinajstić information content (AvgIpc) is 2.36. The number of aldehydes is 1. The number of hydrogen-bond donors (Lipinski definition) is 0. The number of para-hydroxylation sites is 1. The fourth-order valence-electron chi connectivity index (χ4n) is 2.23. The van der Waals surface area contributed by atoms with E-state index in [2.05, 4.69) is 32.0 Å². The second-order valence-electron chi connectivity index (χ2n) is 4.42. The molecule has 0 aliphatic heterocycles. The number of carbonyl (C=O) groups excluding carboxylic acids is 1. The van der Waals surface area contributed by atoms with E-state index in [1.54, 1.807) is 13.2 Å². The Bertz CT molecular complexity index is 565. The van der Waals surface area contributed by atoms with Gasteiger partial charge in [0, 0.05) is 5.56 Å². The minimum Gasteiger partial charge on any atom is -0.495 e. The van der Waals surface area contributed by atoms with E-state index in [0.717, 1.165) is 17.4 Å². The Labute approximate surface area is 107 Å². The van der Waals surface area contributed by atoms with Crippen molar-refractivity contribution in [1.82, 2.24) is 0 Å². The molecule has 2 aromatic rings. The molecule has 0 aromatic heterocycles. The van der Waals surface area contributed by atoms with Gasteiger partial charge in [0.2, 0.25) is 0 Å². The number of hydrogen-bond acceptors (Lipinski definition) is 2. The second kappa shape index (κ2) is 5.05. The Morgan fingerprint density at radius 1 is 1.06 bits per heavy atom. The van der Waals surface area contributed by atoms with Gasteiger partial charge < -0.3 is 4.74 Å². The van der Waals surface area contributed by atoms with Crippen molar-refractivity contribution in [2.75, 3.05) is 7.11 Å². The summed E-state index contributed by atoms with van der Waals surface area (Å²) >= 11 is 0. The fourth-order valence-corrected chi connectivity index (χ4v) is 2.23. The molecule has 18 heavy (non-hydrogen) atoms. The molecule has 2 rings (SSSR count). The van der Waals surface area contributed by atoms with Crippen LogP contribution in [0.2, 0.25) is 0 Å². The Balaban J connectivity index is 2.66. The van der Waals surface area contributed by atoms with E-state index in [-0.39, 0.29) is 0 Å². The first-order valence-corrected chi connectivity index (χ1v) is 5.86. The van der Waals surface area contributed by atoms with Crippen LogP contribution in [0.4, 0.5) is 0 Å². The lowest BCUT2D eigenvalue weighted by Gasteiger charge is -2.12.